The highest BCUT2D eigenvalue weighted by atomic mass is 16.5. The summed E-state index contributed by atoms with van der Waals surface area (Å²) in [5.41, 5.74) is 0.600. The Morgan fingerprint density at radius 1 is 0.744 bits per heavy atom. The zero-order valence-electron chi connectivity index (χ0n) is 23.2. The molecule has 0 saturated carbocycles. The number of amides is 4. The van der Waals surface area contributed by atoms with Gasteiger partial charge in [0.1, 0.15) is 5.57 Å². The quantitative estimate of drug-likeness (QED) is 0.171. The number of anilines is 1. The summed E-state index contributed by atoms with van der Waals surface area (Å²) in [5, 5.41) is 2.24. The standard InChI is InChI=1S/C30H38N2O7/c1-5-7-8-9-10-11-17-39-24-14-12-21(19-26(24)36-3)18-23-28(33)31-30(35)32(29(23)34)22-13-15-25(38-16-6-2)27(20-22)37-4/h12-15,18-20H,5-11,16-17H2,1-4H3,(H,31,33,35)/b23-18-. The molecule has 1 aliphatic rings. The van der Waals surface area contributed by atoms with Crippen molar-refractivity contribution in [2.45, 2.75) is 58.8 Å². The lowest BCUT2D eigenvalue weighted by Gasteiger charge is -2.27. The maximum absolute atomic E-state index is 13.3. The maximum atomic E-state index is 13.3. The molecule has 0 radical (unpaired) electrons. The van der Waals surface area contributed by atoms with Gasteiger partial charge in [0, 0.05) is 6.07 Å². The van der Waals surface area contributed by atoms with E-state index in [-0.39, 0.29) is 11.3 Å². The van der Waals surface area contributed by atoms with Crippen LogP contribution in [0.25, 0.3) is 6.08 Å². The molecule has 3 rings (SSSR count). The number of hydrogen-bond acceptors (Lipinski definition) is 7. The Balaban J connectivity index is 1.77. The number of carbonyl (C=O) groups excluding carboxylic acids is 3. The summed E-state index contributed by atoms with van der Waals surface area (Å²) in [5.74, 6) is 0.395. The fourth-order valence-electron chi connectivity index (χ4n) is 4.14. The summed E-state index contributed by atoms with van der Waals surface area (Å²) < 4.78 is 22.4. The molecule has 9 heteroatoms. The van der Waals surface area contributed by atoms with Crippen molar-refractivity contribution in [1.82, 2.24) is 5.32 Å². The van der Waals surface area contributed by atoms with Crippen molar-refractivity contribution in [2.75, 3.05) is 32.3 Å². The van der Waals surface area contributed by atoms with Gasteiger partial charge >= 0.3 is 6.03 Å². The number of nitrogens with one attached hydrogen (secondary N) is 1. The Kier molecular flexibility index (Phi) is 11.2. The normalized spacial score (nSPS) is 14.4. The molecule has 0 bridgehead atoms. The number of barbiturate groups is 1. The first-order chi connectivity index (χ1) is 18.9. The second-order valence-corrected chi connectivity index (χ2v) is 9.17. The average Bonchev–Trinajstić information content (AvgIpc) is 2.94. The fraction of sp³-hybridized carbons (Fsp3) is 0.433. The molecule has 0 aliphatic carbocycles. The van der Waals surface area contributed by atoms with Gasteiger partial charge in [0.2, 0.25) is 0 Å². The molecule has 210 valence electrons. The van der Waals surface area contributed by atoms with E-state index >= 15 is 0 Å². The first-order valence-corrected chi connectivity index (χ1v) is 13.5. The van der Waals surface area contributed by atoms with Crippen LogP contribution in [0.1, 0.15) is 64.4 Å². The van der Waals surface area contributed by atoms with Gasteiger partial charge in [0.05, 0.1) is 33.1 Å². The molecule has 1 fully saturated rings. The smallest absolute Gasteiger partial charge is 0.335 e. The fourth-order valence-corrected chi connectivity index (χ4v) is 4.14. The molecule has 0 unspecified atom stereocenters. The molecule has 0 spiro atoms. The van der Waals surface area contributed by atoms with Crippen molar-refractivity contribution < 1.29 is 33.3 Å². The largest absolute Gasteiger partial charge is 0.493 e. The minimum atomic E-state index is -0.845. The number of methoxy groups -OCH3 is 2. The number of benzene rings is 2. The molecule has 1 N–H and O–H groups in total. The summed E-state index contributed by atoms with van der Waals surface area (Å²) in [7, 11) is 3.00. The summed E-state index contributed by atoms with van der Waals surface area (Å²) in [4.78, 5) is 39.5. The number of rotatable bonds is 15. The number of unbranched alkanes of at least 4 members (excludes halogenated alkanes) is 5. The second kappa shape index (κ2) is 14.8. The van der Waals surface area contributed by atoms with Crippen LogP contribution >= 0.6 is 0 Å². The van der Waals surface area contributed by atoms with Gasteiger partial charge in [-0.05, 0) is 48.7 Å². The third-order valence-electron chi connectivity index (χ3n) is 6.22. The van der Waals surface area contributed by atoms with E-state index in [0.717, 1.165) is 24.2 Å². The van der Waals surface area contributed by atoms with Crippen LogP contribution in [-0.4, -0.2) is 45.3 Å². The molecule has 1 saturated heterocycles. The SMILES string of the molecule is CCCCCCCCOc1ccc(/C=C2/C(=O)NC(=O)N(c3ccc(OCCC)c(OC)c3)C2=O)cc1OC. The van der Waals surface area contributed by atoms with E-state index in [0.29, 0.717) is 41.8 Å². The summed E-state index contributed by atoms with van der Waals surface area (Å²) >= 11 is 0. The van der Waals surface area contributed by atoms with Crippen LogP contribution in [-0.2, 0) is 9.59 Å². The van der Waals surface area contributed by atoms with Crippen molar-refractivity contribution in [3.05, 3.63) is 47.5 Å². The van der Waals surface area contributed by atoms with Gasteiger partial charge < -0.3 is 18.9 Å². The summed E-state index contributed by atoms with van der Waals surface area (Å²) in [6.07, 6.45) is 9.21. The second-order valence-electron chi connectivity index (χ2n) is 9.17. The van der Waals surface area contributed by atoms with Crippen LogP contribution in [0.2, 0.25) is 0 Å². The van der Waals surface area contributed by atoms with E-state index < -0.39 is 17.8 Å². The number of carbonyl (C=O) groups is 3. The van der Waals surface area contributed by atoms with E-state index in [2.05, 4.69) is 12.2 Å². The highest BCUT2D eigenvalue weighted by Crippen LogP contribution is 2.34. The van der Waals surface area contributed by atoms with Crippen molar-refractivity contribution in [1.29, 1.82) is 0 Å². The lowest BCUT2D eigenvalue weighted by atomic mass is 10.1. The Labute approximate surface area is 230 Å². The lowest BCUT2D eigenvalue weighted by molar-refractivity contribution is -0.122. The number of nitrogens with zero attached hydrogens (tertiary/aromatic N) is 1. The zero-order valence-corrected chi connectivity index (χ0v) is 23.2. The molecule has 0 atom stereocenters. The molecule has 0 aromatic heterocycles. The number of imide groups is 2. The first kappa shape index (κ1) is 29.5. The summed E-state index contributed by atoms with van der Waals surface area (Å²) in [6, 6.07) is 9.04. The average molecular weight is 539 g/mol. The van der Waals surface area contributed by atoms with Crippen LogP contribution in [0.3, 0.4) is 0 Å². The highest BCUT2D eigenvalue weighted by molar-refractivity contribution is 6.39. The molecule has 4 amide bonds. The van der Waals surface area contributed by atoms with Gasteiger partial charge in [0.25, 0.3) is 11.8 Å². The highest BCUT2D eigenvalue weighted by Gasteiger charge is 2.37. The molecule has 9 nitrogen and oxygen atoms in total. The van der Waals surface area contributed by atoms with Crippen molar-refractivity contribution >= 4 is 29.6 Å². The van der Waals surface area contributed by atoms with E-state index in [9.17, 15) is 14.4 Å². The Bertz CT molecular complexity index is 1190. The van der Waals surface area contributed by atoms with E-state index in [4.69, 9.17) is 18.9 Å². The molecule has 39 heavy (non-hydrogen) atoms. The number of hydrogen-bond donors (Lipinski definition) is 1. The monoisotopic (exact) mass is 538 g/mol. The molecule has 1 aliphatic heterocycles. The Morgan fingerprint density at radius 3 is 2.08 bits per heavy atom. The van der Waals surface area contributed by atoms with Gasteiger partial charge in [-0.15, -0.1) is 0 Å². The number of ether oxygens (including phenoxy) is 4. The van der Waals surface area contributed by atoms with Crippen molar-refractivity contribution in [2.24, 2.45) is 0 Å². The molecule has 2 aromatic carbocycles. The predicted molar refractivity (Wildman–Crippen MR) is 150 cm³/mol. The molecular formula is C30H38N2O7. The molecule has 1 heterocycles. The zero-order chi connectivity index (χ0) is 28.2. The Hall–Kier alpha value is -4.01. The number of urea groups is 1. The van der Waals surface area contributed by atoms with Gasteiger partial charge in [-0.2, -0.15) is 0 Å². The minimum absolute atomic E-state index is 0.192. The third kappa shape index (κ3) is 7.75. The Morgan fingerprint density at radius 2 is 1.38 bits per heavy atom. The minimum Gasteiger partial charge on any atom is -0.493 e. The van der Waals surface area contributed by atoms with Crippen LogP contribution in [0.4, 0.5) is 10.5 Å². The van der Waals surface area contributed by atoms with E-state index in [1.54, 1.807) is 30.3 Å². The lowest BCUT2D eigenvalue weighted by Crippen LogP contribution is -2.54. The van der Waals surface area contributed by atoms with E-state index in [1.165, 1.54) is 52.0 Å². The van der Waals surface area contributed by atoms with Gasteiger partial charge in [-0.25, -0.2) is 9.69 Å². The van der Waals surface area contributed by atoms with Crippen LogP contribution in [0, 0.1) is 0 Å². The van der Waals surface area contributed by atoms with E-state index in [1.807, 2.05) is 6.92 Å². The van der Waals surface area contributed by atoms with Crippen molar-refractivity contribution in [3.8, 4) is 23.0 Å². The maximum Gasteiger partial charge on any atom is 0.335 e. The predicted octanol–water partition coefficient (Wildman–Crippen LogP) is 5.90. The van der Waals surface area contributed by atoms with Gasteiger partial charge in [0.15, 0.2) is 23.0 Å². The van der Waals surface area contributed by atoms with Gasteiger partial charge in [-0.1, -0.05) is 52.0 Å². The van der Waals surface area contributed by atoms with Crippen molar-refractivity contribution in [3.63, 3.8) is 0 Å². The molecule has 2 aromatic rings. The van der Waals surface area contributed by atoms with Crippen LogP contribution in [0.5, 0.6) is 23.0 Å². The van der Waals surface area contributed by atoms with Crippen LogP contribution < -0.4 is 29.2 Å². The topological polar surface area (TPSA) is 103 Å². The van der Waals surface area contributed by atoms with Crippen LogP contribution in [0.15, 0.2) is 42.0 Å². The third-order valence-corrected chi connectivity index (χ3v) is 6.22. The van der Waals surface area contributed by atoms with Gasteiger partial charge in [-0.3, -0.25) is 14.9 Å². The first-order valence-electron chi connectivity index (χ1n) is 13.5. The molecular weight excluding hydrogens is 500 g/mol. The summed E-state index contributed by atoms with van der Waals surface area (Å²) in [6.45, 7) is 5.25.